The van der Waals surface area contributed by atoms with E-state index in [0.29, 0.717) is 6.54 Å². The van der Waals surface area contributed by atoms with Gasteiger partial charge in [0.1, 0.15) is 0 Å². The van der Waals surface area contributed by atoms with Gasteiger partial charge in [0.15, 0.2) is 6.10 Å². The molecule has 4 N–H and O–H groups in total. The van der Waals surface area contributed by atoms with Crippen molar-refractivity contribution in [1.82, 2.24) is 10.6 Å². The third-order valence-corrected chi connectivity index (χ3v) is 2.76. The smallest absolute Gasteiger partial charge is 0.332 e. The van der Waals surface area contributed by atoms with Crippen molar-refractivity contribution < 1.29 is 19.8 Å². The molecule has 2 amide bonds. The lowest BCUT2D eigenvalue weighted by molar-refractivity contribution is -0.146. The van der Waals surface area contributed by atoms with Crippen LogP contribution < -0.4 is 10.6 Å². The summed E-state index contributed by atoms with van der Waals surface area (Å²) in [6.07, 6.45) is 3.39. The first-order valence-corrected chi connectivity index (χ1v) is 6.02. The molecule has 6 heteroatoms. The molecule has 1 fully saturated rings. The lowest BCUT2D eigenvalue weighted by atomic mass is 10.2. The van der Waals surface area contributed by atoms with Crippen molar-refractivity contribution in [3.05, 3.63) is 0 Å². The van der Waals surface area contributed by atoms with Gasteiger partial charge in [0.2, 0.25) is 0 Å². The van der Waals surface area contributed by atoms with E-state index in [1.54, 1.807) is 0 Å². The highest BCUT2D eigenvalue weighted by Gasteiger charge is 2.20. The zero-order chi connectivity index (χ0) is 12.7. The van der Waals surface area contributed by atoms with Crippen LogP contribution in [0, 0.1) is 5.92 Å². The minimum absolute atomic E-state index is 0.0187. The van der Waals surface area contributed by atoms with Crippen LogP contribution in [-0.2, 0) is 4.79 Å². The van der Waals surface area contributed by atoms with Crippen molar-refractivity contribution in [3.63, 3.8) is 0 Å². The summed E-state index contributed by atoms with van der Waals surface area (Å²) >= 11 is 0. The van der Waals surface area contributed by atoms with Crippen LogP contribution in [0.15, 0.2) is 0 Å². The Morgan fingerprint density at radius 1 is 1.24 bits per heavy atom. The van der Waals surface area contributed by atoms with E-state index in [9.17, 15) is 9.59 Å². The molecular weight excluding hydrogens is 224 g/mol. The molecule has 17 heavy (non-hydrogen) atoms. The molecule has 0 radical (unpaired) electrons. The number of hydrogen-bond donors (Lipinski definition) is 4. The summed E-state index contributed by atoms with van der Waals surface area (Å²) < 4.78 is 0. The van der Waals surface area contributed by atoms with E-state index < -0.39 is 12.1 Å². The molecule has 0 heterocycles. The highest BCUT2D eigenvalue weighted by Crippen LogP contribution is 2.33. The maximum Gasteiger partial charge on any atom is 0.332 e. The van der Waals surface area contributed by atoms with Gasteiger partial charge >= 0.3 is 12.0 Å². The SMILES string of the molecule is O=C(NCCCC1CC1)NCC[C@H](O)C(=O)O. The predicted octanol–water partition coefficient (Wildman–Crippen LogP) is 0.311. The van der Waals surface area contributed by atoms with E-state index in [1.807, 2.05) is 0 Å². The lowest BCUT2D eigenvalue weighted by Gasteiger charge is -2.08. The Labute approximate surface area is 100 Å². The fourth-order valence-electron chi connectivity index (χ4n) is 1.51. The molecule has 0 bridgehead atoms. The molecular formula is C11H20N2O4. The molecule has 0 spiro atoms. The molecule has 0 aliphatic heterocycles. The van der Waals surface area contributed by atoms with Gasteiger partial charge in [0.25, 0.3) is 0 Å². The molecule has 1 aliphatic carbocycles. The van der Waals surface area contributed by atoms with E-state index in [2.05, 4.69) is 10.6 Å². The molecule has 1 aliphatic rings. The van der Waals surface area contributed by atoms with Gasteiger partial charge < -0.3 is 20.8 Å². The zero-order valence-electron chi connectivity index (χ0n) is 9.82. The Balaban J connectivity index is 1.91. The highest BCUT2D eigenvalue weighted by atomic mass is 16.4. The fraction of sp³-hybridized carbons (Fsp3) is 0.818. The van der Waals surface area contributed by atoms with Crippen molar-refractivity contribution in [2.45, 2.75) is 38.2 Å². The summed E-state index contributed by atoms with van der Waals surface area (Å²) in [7, 11) is 0. The number of carboxylic acids is 1. The number of carboxylic acid groups (broad SMARTS) is 1. The van der Waals surface area contributed by atoms with Crippen LogP contribution in [0.1, 0.15) is 32.1 Å². The zero-order valence-corrected chi connectivity index (χ0v) is 9.82. The van der Waals surface area contributed by atoms with Crippen molar-refractivity contribution in [3.8, 4) is 0 Å². The number of aliphatic carboxylic acids is 1. The average molecular weight is 244 g/mol. The highest BCUT2D eigenvalue weighted by molar-refractivity contribution is 5.74. The second kappa shape index (κ2) is 7.11. The largest absolute Gasteiger partial charge is 0.479 e. The first-order chi connectivity index (χ1) is 8.09. The van der Waals surface area contributed by atoms with E-state index in [1.165, 1.54) is 12.8 Å². The van der Waals surface area contributed by atoms with Crippen LogP contribution >= 0.6 is 0 Å². The number of rotatable bonds is 8. The Morgan fingerprint density at radius 3 is 2.47 bits per heavy atom. The van der Waals surface area contributed by atoms with Gasteiger partial charge in [-0.15, -0.1) is 0 Å². The van der Waals surface area contributed by atoms with E-state index in [-0.39, 0.29) is 19.0 Å². The van der Waals surface area contributed by atoms with E-state index in [4.69, 9.17) is 10.2 Å². The molecule has 6 nitrogen and oxygen atoms in total. The average Bonchev–Trinajstić information content (AvgIpc) is 3.08. The fourth-order valence-corrected chi connectivity index (χ4v) is 1.51. The van der Waals surface area contributed by atoms with Crippen LogP contribution in [0.5, 0.6) is 0 Å². The van der Waals surface area contributed by atoms with Crippen molar-refractivity contribution in [1.29, 1.82) is 0 Å². The number of aliphatic hydroxyl groups excluding tert-OH is 1. The number of hydrogen-bond acceptors (Lipinski definition) is 3. The number of aliphatic hydroxyl groups is 1. The predicted molar refractivity (Wildman–Crippen MR) is 61.6 cm³/mol. The summed E-state index contributed by atoms with van der Waals surface area (Å²) in [5, 5.41) is 22.5. The Kier molecular flexibility index (Phi) is 5.76. The molecule has 1 saturated carbocycles. The van der Waals surface area contributed by atoms with Crippen LogP contribution in [-0.4, -0.2) is 41.4 Å². The number of amides is 2. The molecule has 0 aromatic heterocycles. The maximum absolute atomic E-state index is 11.2. The Morgan fingerprint density at radius 2 is 1.88 bits per heavy atom. The molecule has 0 aromatic carbocycles. The Bertz CT molecular complexity index is 266. The number of nitrogens with one attached hydrogen (secondary N) is 2. The maximum atomic E-state index is 11.2. The molecule has 1 rings (SSSR count). The normalized spacial score (nSPS) is 16.3. The topological polar surface area (TPSA) is 98.7 Å². The minimum Gasteiger partial charge on any atom is -0.479 e. The van der Waals surface area contributed by atoms with Gasteiger partial charge in [-0.3, -0.25) is 0 Å². The lowest BCUT2D eigenvalue weighted by Crippen LogP contribution is -2.38. The molecule has 0 aromatic rings. The molecule has 0 saturated heterocycles. The summed E-state index contributed by atoms with van der Waals surface area (Å²) in [6.45, 7) is 0.797. The van der Waals surface area contributed by atoms with Gasteiger partial charge in [-0.05, 0) is 18.8 Å². The summed E-state index contributed by atoms with van der Waals surface area (Å²) in [5.41, 5.74) is 0. The molecule has 0 unspecified atom stereocenters. The van der Waals surface area contributed by atoms with Crippen molar-refractivity contribution >= 4 is 12.0 Å². The minimum atomic E-state index is -1.41. The van der Waals surface area contributed by atoms with E-state index in [0.717, 1.165) is 18.8 Å². The number of carbonyl (C=O) groups is 2. The third-order valence-electron chi connectivity index (χ3n) is 2.76. The quantitative estimate of drug-likeness (QED) is 0.462. The van der Waals surface area contributed by atoms with Crippen LogP contribution in [0.3, 0.4) is 0 Å². The Hall–Kier alpha value is -1.30. The van der Waals surface area contributed by atoms with Crippen LogP contribution in [0.25, 0.3) is 0 Å². The number of carbonyl (C=O) groups excluding carboxylic acids is 1. The summed E-state index contributed by atoms with van der Waals surface area (Å²) in [4.78, 5) is 21.5. The van der Waals surface area contributed by atoms with Crippen LogP contribution in [0.2, 0.25) is 0 Å². The van der Waals surface area contributed by atoms with Gasteiger partial charge in [0.05, 0.1) is 0 Å². The second-order valence-electron chi connectivity index (χ2n) is 4.41. The monoisotopic (exact) mass is 244 g/mol. The summed E-state index contributed by atoms with van der Waals surface area (Å²) in [5.74, 6) is -0.401. The second-order valence-corrected chi connectivity index (χ2v) is 4.41. The van der Waals surface area contributed by atoms with Gasteiger partial charge in [-0.2, -0.15) is 0 Å². The van der Waals surface area contributed by atoms with Gasteiger partial charge in [-0.25, -0.2) is 9.59 Å². The van der Waals surface area contributed by atoms with Crippen molar-refractivity contribution in [2.24, 2.45) is 5.92 Å². The van der Waals surface area contributed by atoms with Crippen LogP contribution in [0.4, 0.5) is 4.79 Å². The molecule has 1 atom stereocenters. The molecule has 98 valence electrons. The van der Waals surface area contributed by atoms with E-state index >= 15 is 0 Å². The standard InChI is InChI=1S/C11H20N2O4/c14-9(10(15)16)5-7-13-11(17)12-6-1-2-8-3-4-8/h8-9,14H,1-7H2,(H,15,16)(H2,12,13,17)/t9-/m0/s1. The van der Waals surface area contributed by atoms with Crippen molar-refractivity contribution in [2.75, 3.05) is 13.1 Å². The first-order valence-electron chi connectivity index (χ1n) is 6.02. The first kappa shape index (κ1) is 13.8. The van der Waals surface area contributed by atoms with Gasteiger partial charge in [-0.1, -0.05) is 12.8 Å². The van der Waals surface area contributed by atoms with Gasteiger partial charge in [0, 0.05) is 19.5 Å². The summed E-state index contributed by atoms with van der Waals surface area (Å²) in [6, 6.07) is -0.307. The number of urea groups is 1. The third kappa shape index (κ3) is 6.78.